The maximum absolute atomic E-state index is 12.8. The van der Waals surface area contributed by atoms with Crippen molar-refractivity contribution in [3.63, 3.8) is 0 Å². The predicted molar refractivity (Wildman–Crippen MR) is 97.0 cm³/mol. The van der Waals surface area contributed by atoms with Crippen molar-refractivity contribution in [3.05, 3.63) is 68.6 Å². The third-order valence-corrected chi connectivity index (χ3v) is 4.46. The Morgan fingerprint density at radius 2 is 1.96 bits per heavy atom. The van der Waals surface area contributed by atoms with Gasteiger partial charge in [0, 0.05) is 6.07 Å². The predicted octanol–water partition coefficient (Wildman–Crippen LogP) is 4.21. The largest absolute Gasteiger partial charge is 0.502 e. The number of carbonyl (C=O) groups excluding carboxylic acids is 1. The minimum absolute atomic E-state index is 0.0131. The molecule has 2 N–H and O–H groups in total. The number of phenolic OH excluding ortho intramolecular Hbond substituents is 1. The monoisotopic (exact) mass is 409 g/mol. The lowest BCUT2D eigenvalue weighted by Crippen LogP contribution is -2.19. The minimum atomic E-state index is -4.51. The molecule has 1 saturated heterocycles. The molecule has 0 aromatic heterocycles. The van der Waals surface area contributed by atoms with Crippen molar-refractivity contribution < 1.29 is 28.0 Å². The van der Waals surface area contributed by atoms with Crippen LogP contribution >= 0.6 is 11.8 Å². The number of amidine groups is 1. The molecule has 1 aliphatic rings. The number of nitrogens with zero attached hydrogens (tertiary/aromatic N) is 2. The molecule has 0 bridgehead atoms. The molecule has 0 saturated carbocycles. The van der Waals surface area contributed by atoms with Crippen LogP contribution in [0.3, 0.4) is 0 Å². The SMILES string of the molecule is O=C1NC(=Nc2cccc(C(F)(F)F)c2)S/C1=C\c1ccc(O)c([N+](=O)[O-])c1. The molecular formula is C17H10F3N3O4S. The molecule has 3 rings (SSSR count). The summed E-state index contributed by atoms with van der Waals surface area (Å²) in [5.41, 5.74) is -1.08. The quantitative estimate of drug-likeness (QED) is 0.449. The van der Waals surface area contributed by atoms with E-state index in [0.717, 1.165) is 36.0 Å². The Labute approximate surface area is 159 Å². The van der Waals surface area contributed by atoms with Crippen LogP contribution in [0.2, 0.25) is 0 Å². The van der Waals surface area contributed by atoms with E-state index in [4.69, 9.17) is 0 Å². The van der Waals surface area contributed by atoms with Crippen LogP contribution in [0.1, 0.15) is 11.1 Å². The number of nitro groups is 1. The first-order chi connectivity index (χ1) is 13.1. The van der Waals surface area contributed by atoms with Gasteiger partial charge < -0.3 is 10.4 Å². The Morgan fingerprint density at radius 1 is 1.21 bits per heavy atom. The molecule has 2 aromatic carbocycles. The van der Waals surface area contributed by atoms with E-state index >= 15 is 0 Å². The van der Waals surface area contributed by atoms with Gasteiger partial charge in [-0.05, 0) is 47.7 Å². The average Bonchev–Trinajstić information content (AvgIpc) is 2.95. The first-order valence-electron chi connectivity index (χ1n) is 7.58. The highest BCUT2D eigenvalue weighted by Crippen LogP contribution is 2.34. The lowest BCUT2D eigenvalue weighted by Gasteiger charge is -2.06. The third kappa shape index (κ3) is 4.31. The van der Waals surface area contributed by atoms with Gasteiger partial charge in [-0.15, -0.1) is 0 Å². The lowest BCUT2D eigenvalue weighted by atomic mass is 10.1. The number of halogens is 3. The number of hydrogen-bond donors (Lipinski definition) is 2. The van der Waals surface area contributed by atoms with E-state index in [2.05, 4.69) is 10.3 Å². The first kappa shape index (κ1) is 19.4. The number of nitro benzene ring substituents is 1. The van der Waals surface area contributed by atoms with Crippen LogP contribution in [0.4, 0.5) is 24.5 Å². The molecule has 2 aromatic rings. The highest BCUT2D eigenvalue weighted by Gasteiger charge is 2.30. The normalized spacial score (nSPS) is 17.2. The second-order valence-corrected chi connectivity index (χ2v) is 6.57. The number of alkyl halides is 3. The maximum Gasteiger partial charge on any atom is 0.416 e. The van der Waals surface area contributed by atoms with Crippen LogP contribution in [0.15, 0.2) is 52.4 Å². The van der Waals surface area contributed by atoms with Crippen molar-refractivity contribution in [2.75, 3.05) is 0 Å². The van der Waals surface area contributed by atoms with Gasteiger partial charge in [0.1, 0.15) is 0 Å². The maximum atomic E-state index is 12.8. The molecule has 0 radical (unpaired) electrons. The Bertz CT molecular complexity index is 1030. The van der Waals surface area contributed by atoms with E-state index < -0.39 is 34.0 Å². The van der Waals surface area contributed by atoms with Gasteiger partial charge in [-0.25, -0.2) is 4.99 Å². The minimum Gasteiger partial charge on any atom is -0.502 e. The summed E-state index contributed by atoms with van der Waals surface area (Å²) in [7, 11) is 0. The summed E-state index contributed by atoms with van der Waals surface area (Å²) < 4.78 is 38.3. The highest BCUT2D eigenvalue weighted by molar-refractivity contribution is 8.18. The van der Waals surface area contributed by atoms with Crippen LogP contribution < -0.4 is 5.32 Å². The zero-order valence-electron chi connectivity index (χ0n) is 13.7. The molecule has 1 amide bonds. The Kier molecular flexibility index (Phi) is 5.10. The fourth-order valence-electron chi connectivity index (χ4n) is 2.28. The van der Waals surface area contributed by atoms with E-state index in [1.807, 2.05) is 0 Å². The van der Waals surface area contributed by atoms with Crippen molar-refractivity contribution >= 4 is 40.3 Å². The van der Waals surface area contributed by atoms with Crippen molar-refractivity contribution in [1.29, 1.82) is 0 Å². The molecule has 0 atom stereocenters. The number of thioether (sulfide) groups is 1. The molecule has 28 heavy (non-hydrogen) atoms. The molecule has 1 aliphatic heterocycles. The Morgan fingerprint density at radius 3 is 2.64 bits per heavy atom. The zero-order valence-corrected chi connectivity index (χ0v) is 14.5. The summed E-state index contributed by atoms with van der Waals surface area (Å²) in [5, 5.41) is 22.8. The Hall–Kier alpha value is -3.34. The van der Waals surface area contributed by atoms with Crippen LogP contribution in [0.5, 0.6) is 5.75 Å². The van der Waals surface area contributed by atoms with Crippen LogP contribution in [0, 0.1) is 10.1 Å². The highest BCUT2D eigenvalue weighted by atomic mass is 32.2. The van der Waals surface area contributed by atoms with Crippen LogP contribution in [0.25, 0.3) is 6.08 Å². The smallest absolute Gasteiger partial charge is 0.416 e. The summed E-state index contributed by atoms with van der Waals surface area (Å²) in [6.45, 7) is 0. The van der Waals surface area contributed by atoms with Crippen LogP contribution in [-0.2, 0) is 11.0 Å². The van der Waals surface area contributed by atoms with Gasteiger partial charge in [0.2, 0.25) is 0 Å². The Balaban J connectivity index is 1.86. The molecular weight excluding hydrogens is 399 g/mol. The number of carbonyl (C=O) groups is 1. The van der Waals surface area contributed by atoms with Gasteiger partial charge in [-0.3, -0.25) is 14.9 Å². The standard InChI is InChI=1S/C17H10F3N3O4S/c18-17(19,20)10-2-1-3-11(8-10)21-16-22-15(25)14(28-16)7-9-4-5-13(24)12(6-9)23(26)27/h1-8,24H,(H,21,22,25)/b14-7-. The second kappa shape index (κ2) is 7.35. The lowest BCUT2D eigenvalue weighted by molar-refractivity contribution is -0.385. The van der Waals surface area contributed by atoms with E-state index in [-0.39, 0.29) is 15.8 Å². The van der Waals surface area contributed by atoms with Gasteiger partial charge in [-0.1, -0.05) is 12.1 Å². The van der Waals surface area contributed by atoms with E-state index in [1.165, 1.54) is 24.3 Å². The summed E-state index contributed by atoms with van der Waals surface area (Å²) in [5.74, 6) is -1.06. The third-order valence-electron chi connectivity index (χ3n) is 3.55. The van der Waals surface area contributed by atoms with E-state index in [0.29, 0.717) is 5.56 Å². The molecule has 11 heteroatoms. The van der Waals surface area contributed by atoms with Crippen molar-refractivity contribution in [2.45, 2.75) is 6.18 Å². The number of phenols is 1. The van der Waals surface area contributed by atoms with Gasteiger partial charge in [0.15, 0.2) is 10.9 Å². The number of aromatic hydroxyl groups is 1. The zero-order chi connectivity index (χ0) is 20.5. The summed E-state index contributed by atoms with van der Waals surface area (Å²) in [6.07, 6.45) is -3.16. The van der Waals surface area contributed by atoms with Crippen molar-refractivity contribution in [1.82, 2.24) is 5.32 Å². The number of amides is 1. The molecule has 144 valence electrons. The fraction of sp³-hybridized carbons (Fsp3) is 0.0588. The van der Waals surface area contributed by atoms with E-state index in [9.17, 15) is 33.2 Å². The molecule has 0 unspecified atom stereocenters. The van der Waals surface area contributed by atoms with Crippen LogP contribution in [-0.4, -0.2) is 21.1 Å². The number of aliphatic imine (C=N–C) groups is 1. The molecule has 1 heterocycles. The topological polar surface area (TPSA) is 105 Å². The van der Waals surface area contributed by atoms with Gasteiger partial charge in [0.05, 0.1) is 21.1 Å². The summed E-state index contributed by atoms with van der Waals surface area (Å²) >= 11 is 0.877. The van der Waals surface area contributed by atoms with Crippen molar-refractivity contribution in [3.8, 4) is 5.75 Å². The fourth-order valence-corrected chi connectivity index (χ4v) is 3.12. The van der Waals surface area contributed by atoms with Gasteiger partial charge in [-0.2, -0.15) is 13.2 Å². The number of hydrogen-bond acceptors (Lipinski definition) is 6. The van der Waals surface area contributed by atoms with Gasteiger partial charge >= 0.3 is 11.9 Å². The number of benzene rings is 2. The average molecular weight is 409 g/mol. The molecule has 7 nitrogen and oxygen atoms in total. The summed E-state index contributed by atoms with van der Waals surface area (Å²) in [4.78, 5) is 26.3. The first-order valence-corrected chi connectivity index (χ1v) is 8.39. The van der Waals surface area contributed by atoms with Crippen molar-refractivity contribution in [2.24, 2.45) is 4.99 Å². The number of nitrogens with one attached hydrogen (secondary N) is 1. The number of rotatable bonds is 3. The van der Waals surface area contributed by atoms with E-state index in [1.54, 1.807) is 0 Å². The molecule has 0 spiro atoms. The summed E-state index contributed by atoms with van der Waals surface area (Å²) in [6, 6.07) is 7.93. The molecule has 0 aliphatic carbocycles. The second-order valence-electron chi connectivity index (χ2n) is 5.54. The molecule has 1 fully saturated rings. The van der Waals surface area contributed by atoms with Gasteiger partial charge in [0.25, 0.3) is 5.91 Å².